The van der Waals surface area contributed by atoms with Gasteiger partial charge in [-0.2, -0.15) is 0 Å². The molecule has 9 heavy (non-hydrogen) atoms. The van der Waals surface area contributed by atoms with Crippen molar-refractivity contribution in [2.45, 2.75) is 44.3 Å². The molecule has 0 unspecified atom stereocenters. The van der Waals surface area contributed by atoms with E-state index in [0.717, 1.165) is 19.3 Å². The lowest BCUT2D eigenvalue weighted by molar-refractivity contribution is -0.107. The molecule has 0 aromatic heterocycles. The summed E-state index contributed by atoms with van der Waals surface area (Å²) in [5.74, 6) is 0. The highest BCUT2D eigenvalue weighted by Gasteiger charge is 2.45. The van der Waals surface area contributed by atoms with E-state index in [-0.39, 0.29) is 0 Å². The van der Waals surface area contributed by atoms with Gasteiger partial charge < -0.3 is 10.2 Å². The molecule has 0 bridgehead atoms. The monoisotopic (exact) mass is 130 g/mol. The van der Waals surface area contributed by atoms with E-state index in [1.807, 2.05) is 0 Å². The minimum absolute atomic E-state index is 0.722. The molecule has 0 aromatic rings. The van der Waals surface area contributed by atoms with Crippen LogP contribution in [0.25, 0.3) is 0 Å². The molecule has 0 aliphatic heterocycles. The summed E-state index contributed by atoms with van der Waals surface area (Å²) in [6, 6.07) is 0. The van der Waals surface area contributed by atoms with Crippen LogP contribution in [0.2, 0.25) is 0 Å². The third-order valence-corrected chi connectivity index (χ3v) is 2.49. The van der Waals surface area contributed by atoms with E-state index in [9.17, 15) is 10.2 Å². The predicted molar refractivity (Wildman–Crippen MR) is 35.1 cm³/mol. The molecular formula is C7H14O2. The second kappa shape index (κ2) is 1.70. The lowest BCUT2D eigenvalue weighted by Crippen LogP contribution is -2.44. The van der Waals surface area contributed by atoms with E-state index in [2.05, 4.69) is 0 Å². The third-order valence-electron chi connectivity index (χ3n) is 2.49. The fourth-order valence-corrected chi connectivity index (χ4v) is 1.32. The summed E-state index contributed by atoms with van der Waals surface area (Å²) in [7, 11) is 0. The van der Waals surface area contributed by atoms with Crippen molar-refractivity contribution in [1.29, 1.82) is 0 Å². The second-order valence-electron chi connectivity index (χ2n) is 3.40. The highest BCUT2D eigenvalue weighted by atomic mass is 16.4. The van der Waals surface area contributed by atoms with E-state index >= 15 is 0 Å². The van der Waals surface area contributed by atoms with Gasteiger partial charge in [-0.05, 0) is 33.1 Å². The van der Waals surface area contributed by atoms with Gasteiger partial charge in [-0.3, -0.25) is 0 Å². The molecule has 0 saturated heterocycles. The van der Waals surface area contributed by atoms with Gasteiger partial charge >= 0.3 is 0 Å². The van der Waals surface area contributed by atoms with Crippen LogP contribution in [0.4, 0.5) is 0 Å². The number of hydrogen-bond donors (Lipinski definition) is 2. The Morgan fingerprint density at radius 2 is 1.33 bits per heavy atom. The zero-order chi connectivity index (χ0) is 7.12. The van der Waals surface area contributed by atoms with Gasteiger partial charge in [0.05, 0.1) is 11.2 Å². The molecule has 1 fully saturated rings. The third kappa shape index (κ3) is 0.970. The summed E-state index contributed by atoms with van der Waals surface area (Å²) in [6.45, 7) is 3.39. The van der Waals surface area contributed by atoms with E-state index in [1.165, 1.54) is 0 Å². The van der Waals surface area contributed by atoms with Gasteiger partial charge in [0.1, 0.15) is 0 Å². The molecule has 2 heteroatoms. The Labute approximate surface area is 55.5 Å². The van der Waals surface area contributed by atoms with Gasteiger partial charge in [0.2, 0.25) is 0 Å². The smallest absolute Gasteiger partial charge is 0.0902 e. The van der Waals surface area contributed by atoms with Crippen molar-refractivity contribution in [3.8, 4) is 0 Å². The van der Waals surface area contributed by atoms with Crippen molar-refractivity contribution in [2.24, 2.45) is 0 Å². The van der Waals surface area contributed by atoms with Crippen LogP contribution in [-0.4, -0.2) is 21.4 Å². The zero-order valence-corrected chi connectivity index (χ0v) is 6.02. The molecule has 0 amide bonds. The average Bonchev–Trinajstić information content (AvgIpc) is 1.81. The summed E-state index contributed by atoms with van der Waals surface area (Å²) >= 11 is 0. The Balaban J connectivity index is 2.75. The van der Waals surface area contributed by atoms with Gasteiger partial charge in [0.25, 0.3) is 0 Å². The molecule has 0 heterocycles. The van der Waals surface area contributed by atoms with Crippen molar-refractivity contribution in [3.05, 3.63) is 0 Å². The topological polar surface area (TPSA) is 40.5 Å². The van der Waals surface area contributed by atoms with Crippen LogP contribution in [0.15, 0.2) is 0 Å². The number of aliphatic hydroxyl groups is 2. The molecule has 0 aromatic carbocycles. The highest BCUT2D eigenvalue weighted by molar-refractivity contribution is 4.98. The van der Waals surface area contributed by atoms with Crippen LogP contribution < -0.4 is 0 Å². The molecule has 1 saturated carbocycles. The van der Waals surface area contributed by atoms with Gasteiger partial charge in [0, 0.05) is 0 Å². The van der Waals surface area contributed by atoms with Crippen molar-refractivity contribution in [1.82, 2.24) is 0 Å². The minimum atomic E-state index is -0.854. The summed E-state index contributed by atoms with van der Waals surface area (Å²) < 4.78 is 0. The molecule has 54 valence electrons. The first-order chi connectivity index (χ1) is 3.96. The standard InChI is InChI=1S/C7H14O2/c1-6(8)4-3-5-7(6,2)9/h8-9H,3-5H2,1-2H3/t6-,7-/m0/s1. The predicted octanol–water partition coefficient (Wildman–Crippen LogP) is 0.672. The highest BCUT2D eigenvalue weighted by Crippen LogP contribution is 2.38. The Hall–Kier alpha value is -0.0800. The van der Waals surface area contributed by atoms with Crippen molar-refractivity contribution < 1.29 is 10.2 Å². The molecule has 1 aliphatic rings. The first-order valence-electron chi connectivity index (χ1n) is 3.40. The van der Waals surface area contributed by atoms with Crippen LogP contribution in [0.5, 0.6) is 0 Å². The number of rotatable bonds is 0. The maximum Gasteiger partial charge on any atom is 0.0902 e. The van der Waals surface area contributed by atoms with E-state index in [1.54, 1.807) is 13.8 Å². The van der Waals surface area contributed by atoms with Crippen LogP contribution in [0.1, 0.15) is 33.1 Å². The lowest BCUT2D eigenvalue weighted by atomic mass is 9.90. The van der Waals surface area contributed by atoms with Gasteiger partial charge in [-0.1, -0.05) is 0 Å². The quantitative estimate of drug-likeness (QED) is 0.506. The summed E-state index contributed by atoms with van der Waals surface area (Å²) in [5.41, 5.74) is -1.71. The fourth-order valence-electron chi connectivity index (χ4n) is 1.32. The molecule has 0 spiro atoms. The summed E-state index contributed by atoms with van der Waals surface area (Å²) in [5, 5.41) is 18.9. The Morgan fingerprint density at radius 3 is 1.44 bits per heavy atom. The average molecular weight is 130 g/mol. The normalized spacial score (nSPS) is 52.0. The Kier molecular flexibility index (Phi) is 1.33. The second-order valence-corrected chi connectivity index (χ2v) is 3.40. The SMILES string of the molecule is C[C@]1(O)CCC[C@]1(C)O. The largest absolute Gasteiger partial charge is 0.387 e. The van der Waals surface area contributed by atoms with E-state index in [0.29, 0.717) is 0 Å². The molecule has 0 radical (unpaired) electrons. The van der Waals surface area contributed by atoms with Crippen molar-refractivity contribution >= 4 is 0 Å². The summed E-state index contributed by atoms with van der Waals surface area (Å²) in [6.07, 6.45) is 2.38. The van der Waals surface area contributed by atoms with E-state index < -0.39 is 11.2 Å². The van der Waals surface area contributed by atoms with Crippen molar-refractivity contribution in [2.75, 3.05) is 0 Å². The zero-order valence-electron chi connectivity index (χ0n) is 6.02. The van der Waals surface area contributed by atoms with Crippen LogP contribution in [0.3, 0.4) is 0 Å². The van der Waals surface area contributed by atoms with Crippen LogP contribution in [0, 0.1) is 0 Å². The molecular weight excluding hydrogens is 116 g/mol. The van der Waals surface area contributed by atoms with Gasteiger partial charge in [0.15, 0.2) is 0 Å². The maximum atomic E-state index is 9.47. The Bertz CT molecular complexity index is 102. The van der Waals surface area contributed by atoms with E-state index in [4.69, 9.17) is 0 Å². The van der Waals surface area contributed by atoms with Gasteiger partial charge in [-0.25, -0.2) is 0 Å². The van der Waals surface area contributed by atoms with Gasteiger partial charge in [-0.15, -0.1) is 0 Å². The first-order valence-corrected chi connectivity index (χ1v) is 3.40. The Morgan fingerprint density at radius 1 is 1.00 bits per heavy atom. The summed E-state index contributed by atoms with van der Waals surface area (Å²) in [4.78, 5) is 0. The lowest BCUT2D eigenvalue weighted by Gasteiger charge is -2.31. The van der Waals surface area contributed by atoms with Crippen LogP contribution in [-0.2, 0) is 0 Å². The molecule has 2 N–H and O–H groups in total. The number of hydrogen-bond acceptors (Lipinski definition) is 2. The molecule has 1 rings (SSSR count). The maximum absolute atomic E-state index is 9.47. The van der Waals surface area contributed by atoms with Crippen molar-refractivity contribution in [3.63, 3.8) is 0 Å². The molecule has 2 atom stereocenters. The molecule has 1 aliphatic carbocycles. The fraction of sp³-hybridized carbons (Fsp3) is 1.00. The first kappa shape index (κ1) is 7.03. The molecule has 2 nitrogen and oxygen atoms in total. The van der Waals surface area contributed by atoms with Crippen LogP contribution >= 0.6 is 0 Å². The minimum Gasteiger partial charge on any atom is -0.387 e.